The number of piperazine rings is 1. The van der Waals surface area contributed by atoms with Gasteiger partial charge in [0.2, 0.25) is 11.7 Å². The monoisotopic (exact) mass is 817 g/mol. The van der Waals surface area contributed by atoms with E-state index in [4.69, 9.17) is 19.2 Å². The molecule has 316 valence electrons. The third kappa shape index (κ3) is 10.1. The van der Waals surface area contributed by atoms with Crippen molar-refractivity contribution in [3.05, 3.63) is 107 Å². The van der Waals surface area contributed by atoms with Gasteiger partial charge in [-0.15, -0.1) is 0 Å². The summed E-state index contributed by atoms with van der Waals surface area (Å²) in [4.78, 5) is 65.7. The SMILES string of the molecule is COc1ccc(Cn2c(C(=O)N(C)C)nc3c(C(=O)Nc4ccc(C(=O)N(C)c5ccc(C)cc5OCCCCCC(=O)N5CCN(C)CC5)cc4OC)cccc32)cc1. The number of benzene rings is 4. The molecule has 0 spiro atoms. The van der Waals surface area contributed by atoms with Crippen molar-refractivity contribution in [3.63, 3.8) is 0 Å². The number of amides is 4. The summed E-state index contributed by atoms with van der Waals surface area (Å²) in [6.45, 7) is 6.16. The van der Waals surface area contributed by atoms with Crippen molar-refractivity contribution in [3.8, 4) is 17.2 Å². The summed E-state index contributed by atoms with van der Waals surface area (Å²) in [6.07, 6.45) is 2.98. The van der Waals surface area contributed by atoms with Crippen LogP contribution in [0.3, 0.4) is 0 Å². The van der Waals surface area contributed by atoms with Crippen LogP contribution < -0.4 is 24.4 Å². The van der Waals surface area contributed by atoms with Gasteiger partial charge in [0, 0.05) is 65.9 Å². The molecule has 1 aliphatic rings. The lowest BCUT2D eigenvalue weighted by Crippen LogP contribution is -2.47. The fourth-order valence-electron chi connectivity index (χ4n) is 7.15. The van der Waals surface area contributed by atoms with E-state index in [2.05, 4.69) is 17.3 Å². The van der Waals surface area contributed by atoms with Gasteiger partial charge in [0.25, 0.3) is 17.7 Å². The number of methoxy groups -OCH3 is 2. The number of aryl methyl sites for hydroxylation is 1. The number of unbranched alkanes of at least 4 members (excludes halogenated alkanes) is 2. The van der Waals surface area contributed by atoms with E-state index in [1.54, 1.807) is 63.2 Å². The van der Waals surface area contributed by atoms with Gasteiger partial charge >= 0.3 is 0 Å². The Bertz CT molecular complexity index is 2330. The number of imidazole rings is 1. The summed E-state index contributed by atoms with van der Waals surface area (Å²) >= 11 is 0. The van der Waals surface area contributed by atoms with Gasteiger partial charge in [-0.1, -0.05) is 24.3 Å². The van der Waals surface area contributed by atoms with Gasteiger partial charge in [-0.05, 0) is 99.0 Å². The topological polar surface area (TPSA) is 139 Å². The van der Waals surface area contributed by atoms with Gasteiger partial charge in [0.1, 0.15) is 22.8 Å². The zero-order valence-corrected chi connectivity index (χ0v) is 35.6. The molecule has 14 nitrogen and oxygen atoms in total. The summed E-state index contributed by atoms with van der Waals surface area (Å²) in [7, 11) is 10.2. The molecule has 0 radical (unpaired) electrons. The van der Waals surface area contributed by atoms with Crippen molar-refractivity contribution in [2.75, 3.05) is 85.4 Å². The van der Waals surface area contributed by atoms with Crippen molar-refractivity contribution in [2.45, 2.75) is 39.2 Å². The number of hydrogen-bond acceptors (Lipinski definition) is 9. The minimum atomic E-state index is -0.462. The number of aromatic nitrogens is 2. The Morgan fingerprint density at radius 3 is 2.25 bits per heavy atom. The predicted molar refractivity (Wildman–Crippen MR) is 233 cm³/mol. The molecule has 0 unspecified atom stereocenters. The number of para-hydroxylation sites is 1. The molecule has 0 saturated carbocycles. The van der Waals surface area contributed by atoms with Gasteiger partial charge in [0.15, 0.2) is 0 Å². The van der Waals surface area contributed by atoms with Gasteiger partial charge in [-0.3, -0.25) is 19.2 Å². The highest BCUT2D eigenvalue weighted by atomic mass is 16.5. The first-order valence-electron chi connectivity index (χ1n) is 20.2. The molecule has 14 heteroatoms. The van der Waals surface area contributed by atoms with Crippen molar-refractivity contribution >= 4 is 46.0 Å². The summed E-state index contributed by atoms with van der Waals surface area (Å²) < 4.78 is 19.0. The fraction of sp³-hybridized carbons (Fsp3) is 0.370. The summed E-state index contributed by atoms with van der Waals surface area (Å²) in [5.74, 6) is 0.942. The third-order valence-electron chi connectivity index (χ3n) is 10.7. The van der Waals surface area contributed by atoms with E-state index in [-0.39, 0.29) is 34.9 Å². The highest BCUT2D eigenvalue weighted by molar-refractivity contribution is 6.13. The van der Waals surface area contributed by atoms with Crippen LogP contribution in [0.15, 0.2) is 78.9 Å². The highest BCUT2D eigenvalue weighted by Crippen LogP contribution is 2.33. The molecule has 60 heavy (non-hydrogen) atoms. The molecule has 0 bridgehead atoms. The Morgan fingerprint density at radius 2 is 1.55 bits per heavy atom. The third-order valence-corrected chi connectivity index (χ3v) is 10.7. The Kier molecular flexibility index (Phi) is 14.1. The second kappa shape index (κ2) is 19.6. The van der Waals surface area contributed by atoms with Crippen LogP contribution in [0.5, 0.6) is 17.2 Å². The molecule has 1 fully saturated rings. The standard InChI is InChI=1S/C46H55N7O7/c1-31-15-22-37(40(28-31)60-27-10-8-9-14-41(54)52-25-23-50(4)24-26-52)51(5)45(56)33-18-21-36(39(29-33)59-7)47-44(55)35-12-11-13-38-42(35)48-43(46(57)49(2)3)53(38)30-32-16-19-34(58-6)20-17-32/h11-13,15-22,28-29H,8-10,14,23-27,30H2,1-7H3,(H,47,55). The Labute approximate surface area is 351 Å². The molecule has 1 aromatic heterocycles. The van der Waals surface area contributed by atoms with E-state index in [0.29, 0.717) is 59.0 Å². The number of rotatable bonds is 16. The maximum absolute atomic E-state index is 13.9. The summed E-state index contributed by atoms with van der Waals surface area (Å²) in [6, 6.07) is 23.3. The summed E-state index contributed by atoms with van der Waals surface area (Å²) in [5, 5.41) is 2.93. The molecule has 4 aromatic carbocycles. The van der Waals surface area contributed by atoms with Crippen molar-refractivity contribution in [2.24, 2.45) is 0 Å². The van der Waals surface area contributed by atoms with Gasteiger partial charge < -0.3 is 43.7 Å². The zero-order chi connectivity index (χ0) is 42.9. The van der Waals surface area contributed by atoms with Gasteiger partial charge in [-0.25, -0.2) is 4.98 Å². The minimum absolute atomic E-state index is 0.197. The maximum Gasteiger partial charge on any atom is 0.289 e. The molecule has 1 aliphatic heterocycles. The number of ether oxygens (including phenoxy) is 3. The van der Waals surface area contributed by atoms with Crippen LogP contribution in [-0.4, -0.2) is 123 Å². The predicted octanol–water partition coefficient (Wildman–Crippen LogP) is 6.35. The van der Waals surface area contributed by atoms with E-state index in [1.807, 2.05) is 60.4 Å². The van der Waals surface area contributed by atoms with E-state index < -0.39 is 5.91 Å². The fourth-order valence-corrected chi connectivity index (χ4v) is 7.15. The lowest BCUT2D eigenvalue weighted by molar-refractivity contribution is -0.132. The quantitative estimate of drug-likeness (QED) is 0.113. The highest BCUT2D eigenvalue weighted by Gasteiger charge is 2.25. The van der Waals surface area contributed by atoms with E-state index in [0.717, 1.165) is 56.6 Å². The van der Waals surface area contributed by atoms with Crippen LogP contribution >= 0.6 is 0 Å². The first-order chi connectivity index (χ1) is 28.9. The molecule has 0 aliphatic carbocycles. The van der Waals surface area contributed by atoms with Gasteiger partial charge in [0.05, 0.1) is 43.3 Å². The normalized spacial score (nSPS) is 12.9. The van der Waals surface area contributed by atoms with Crippen LogP contribution in [0, 0.1) is 6.92 Å². The van der Waals surface area contributed by atoms with Crippen LogP contribution in [0.1, 0.15) is 68.1 Å². The number of fused-ring (bicyclic) bond motifs is 1. The van der Waals surface area contributed by atoms with Crippen LogP contribution in [0.25, 0.3) is 11.0 Å². The van der Waals surface area contributed by atoms with Gasteiger partial charge in [-0.2, -0.15) is 0 Å². The van der Waals surface area contributed by atoms with Crippen molar-refractivity contribution in [1.29, 1.82) is 0 Å². The molecular formula is C46H55N7O7. The second-order valence-corrected chi connectivity index (χ2v) is 15.3. The van der Waals surface area contributed by atoms with Crippen LogP contribution in [0.2, 0.25) is 0 Å². The lowest BCUT2D eigenvalue weighted by Gasteiger charge is -2.32. The number of hydrogen-bond donors (Lipinski definition) is 1. The van der Waals surface area contributed by atoms with Crippen LogP contribution in [-0.2, 0) is 11.3 Å². The molecule has 2 heterocycles. The number of nitrogens with one attached hydrogen (secondary N) is 1. The zero-order valence-electron chi connectivity index (χ0n) is 35.6. The molecule has 1 saturated heterocycles. The largest absolute Gasteiger partial charge is 0.497 e. The minimum Gasteiger partial charge on any atom is -0.497 e. The Morgan fingerprint density at radius 1 is 0.800 bits per heavy atom. The smallest absolute Gasteiger partial charge is 0.289 e. The molecule has 6 rings (SSSR count). The summed E-state index contributed by atoms with van der Waals surface area (Å²) in [5.41, 5.74) is 4.47. The second-order valence-electron chi connectivity index (χ2n) is 15.3. The number of likely N-dealkylation sites (N-methyl/N-ethyl adjacent to an activating group) is 1. The maximum atomic E-state index is 13.9. The Balaban J connectivity index is 1.13. The molecule has 5 aromatic rings. The number of carbonyl (C=O) groups is 4. The van der Waals surface area contributed by atoms with E-state index in [1.165, 1.54) is 16.9 Å². The van der Waals surface area contributed by atoms with Crippen molar-refractivity contribution in [1.82, 2.24) is 24.3 Å². The Hall–Kier alpha value is -6.41. The first kappa shape index (κ1) is 43.2. The molecule has 0 atom stereocenters. The number of carbonyl (C=O) groups excluding carboxylic acids is 4. The average Bonchev–Trinajstić information content (AvgIpc) is 3.62. The molecule has 1 N–H and O–H groups in total. The molecule has 4 amide bonds. The number of anilines is 2. The number of nitrogens with zero attached hydrogens (tertiary/aromatic N) is 6. The van der Waals surface area contributed by atoms with E-state index in [9.17, 15) is 19.2 Å². The van der Waals surface area contributed by atoms with Crippen molar-refractivity contribution < 1.29 is 33.4 Å². The molecular weight excluding hydrogens is 763 g/mol. The average molecular weight is 818 g/mol. The van der Waals surface area contributed by atoms with Crippen LogP contribution in [0.4, 0.5) is 11.4 Å². The van der Waals surface area contributed by atoms with E-state index >= 15 is 0 Å². The first-order valence-corrected chi connectivity index (χ1v) is 20.2. The lowest BCUT2D eigenvalue weighted by atomic mass is 10.1.